The fourth-order valence-electron chi connectivity index (χ4n) is 2.74. The molecule has 2 rings (SSSR count). The Morgan fingerprint density at radius 2 is 1.90 bits per heavy atom. The van der Waals surface area contributed by atoms with Crippen molar-refractivity contribution in [1.29, 1.82) is 0 Å². The highest BCUT2D eigenvalue weighted by Crippen LogP contribution is 2.24. The van der Waals surface area contributed by atoms with Crippen LogP contribution in [0.3, 0.4) is 0 Å². The molecule has 1 aromatic rings. The van der Waals surface area contributed by atoms with Crippen LogP contribution in [0.1, 0.15) is 18.4 Å². The fraction of sp³-hybridized carbons (Fsp3) is 0.600. The van der Waals surface area contributed by atoms with E-state index < -0.39 is 10.0 Å². The average Bonchev–Trinajstić information content (AvgIpc) is 2.49. The maximum atomic E-state index is 12.7. The molecule has 1 aliphatic heterocycles. The first-order chi connectivity index (χ1) is 9.95. The van der Waals surface area contributed by atoms with Gasteiger partial charge in [0, 0.05) is 19.5 Å². The van der Waals surface area contributed by atoms with Gasteiger partial charge in [0.25, 0.3) is 0 Å². The van der Waals surface area contributed by atoms with Gasteiger partial charge in [0.05, 0.1) is 4.90 Å². The summed E-state index contributed by atoms with van der Waals surface area (Å²) in [5.41, 5.74) is 0.661. The Kier molecular flexibility index (Phi) is 5.66. The van der Waals surface area contributed by atoms with E-state index in [1.54, 1.807) is 25.2 Å². The molecule has 1 heterocycles. The summed E-state index contributed by atoms with van der Waals surface area (Å²) in [6.45, 7) is 2.65. The SMILES string of the molecule is CN1CCC(CN(C)S(=O)(=O)c2ccccc2CCl)CC1. The lowest BCUT2D eigenvalue weighted by atomic mass is 9.97. The van der Waals surface area contributed by atoms with Crippen LogP contribution < -0.4 is 0 Å². The van der Waals surface area contributed by atoms with Crippen LogP contribution in [0, 0.1) is 5.92 Å². The van der Waals surface area contributed by atoms with Crippen molar-refractivity contribution in [2.45, 2.75) is 23.6 Å². The zero-order valence-corrected chi connectivity index (χ0v) is 14.2. The van der Waals surface area contributed by atoms with Crippen LogP contribution in [0.2, 0.25) is 0 Å². The minimum atomic E-state index is -3.46. The number of sulfonamides is 1. The lowest BCUT2D eigenvalue weighted by Crippen LogP contribution is -2.38. The first-order valence-corrected chi connectivity index (χ1v) is 9.21. The number of piperidine rings is 1. The summed E-state index contributed by atoms with van der Waals surface area (Å²) in [7, 11) is 0.311. The molecule has 1 aromatic carbocycles. The summed E-state index contributed by atoms with van der Waals surface area (Å²) in [4.78, 5) is 2.61. The molecule has 0 bridgehead atoms. The Labute approximate surface area is 132 Å². The van der Waals surface area contributed by atoms with Crippen molar-refractivity contribution in [3.05, 3.63) is 29.8 Å². The number of rotatable bonds is 5. The maximum absolute atomic E-state index is 12.7. The van der Waals surface area contributed by atoms with Gasteiger partial charge in [0.1, 0.15) is 0 Å². The van der Waals surface area contributed by atoms with Crippen LogP contribution in [-0.2, 0) is 15.9 Å². The monoisotopic (exact) mass is 330 g/mol. The van der Waals surface area contributed by atoms with Crippen LogP contribution in [0.25, 0.3) is 0 Å². The number of nitrogens with zero attached hydrogens (tertiary/aromatic N) is 2. The van der Waals surface area contributed by atoms with Gasteiger partial charge in [-0.2, -0.15) is 0 Å². The lowest BCUT2D eigenvalue weighted by Gasteiger charge is -2.31. The molecule has 1 aliphatic rings. The second kappa shape index (κ2) is 7.09. The van der Waals surface area contributed by atoms with E-state index in [-0.39, 0.29) is 5.88 Å². The van der Waals surface area contributed by atoms with Crippen LogP contribution in [0.4, 0.5) is 0 Å². The summed E-state index contributed by atoms with van der Waals surface area (Å²) in [5, 5.41) is 0. The van der Waals surface area contributed by atoms with Crippen molar-refractivity contribution in [3.63, 3.8) is 0 Å². The lowest BCUT2D eigenvalue weighted by molar-refractivity contribution is 0.202. The normalized spacial score (nSPS) is 18.3. The number of benzene rings is 1. The third kappa shape index (κ3) is 3.97. The Bertz CT molecular complexity index is 569. The average molecular weight is 331 g/mol. The number of halogens is 1. The molecular weight excluding hydrogens is 308 g/mol. The van der Waals surface area contributed by atoms with E-state index in [2.05, 4.69) is 11.9 Å². The third-order valence-corrected chi connectivity index (χ3v) is 6.37. The highest BCUT2D eigenvalue weighted by molar-refractivity contribution is 7.89. The van der Waals surface area contributed by atoms with E-state index in [1.807, 2.05) is 6.07 Å². The highest BCUT2D eigenvalue weighted by atomic mass is 35.5. The summed E-state index contributed by atoms with van der Waals surface area (Å²) >= 11 is 5.86. The van der Waals surface area contributed by atoms with Crippen molar-refractivity contribution in [2.24, 2.45) is 5.92 Å². The van der Waals surface area contributed by atoms with Gasteiger partial charge in [-0.1, -0.05) is 18.2 Å². The number of alkyl halides is 1. The van der Waals surface area contributed by atoms with Gasteiger partial charge >= 0.3 is 0 Å². The smallest absolute Gasteiger partial charge is 0.243 e. The van der Waals surface area contributed by atoms with Gasteiger partial charge in [-0.15, -0.1) is 11.6 Å². The molecule has 1 fully saturated rings. The minimum absolute atomic E-state index is 0.206. The molecule has 0 radical (unpaired) electrons. The van der Waals surface area contributed by atoms with E-state index >= 15 is 0 Å². The standard InChI is InChI=1S/C15H23ClN2O2S/c1-17-9-7-13(8-10-17)12-18(2)21(19,20)15-6-4-3-5-14(15)11-16/h3-6,13H,7-12H2,1-2H3. The van der Waals surface area contributed by atoms with E-state index in [1.165, 1.54) is 4.31 Å². The minimum Gasteiger partial charge on any atom is -0.306 e. The van der Waals surface area contributed by atoms with Gasteiger partial charge in [0.2, 0.25) is 10.0 Å². The van der Waals surface area contributed by atoms with Crippen LogP contribution in [-0.4, -0.2) is 51.4 Å². The molecule has 0 unspecified atom stereocenters. The molecule has 0 atom stereocenters. The summed E-state index contributed by atoms with van der Waals surface area (Å²) in [6.07, 6.45) is 2.10. The number of hydrogen-bond acceptors (Lipinski definition) is 3. The van der Waals surface area contributed by atoms with Crippen LogP contribution >= 0.6 is 11.6 Å². The number of hydrogen-bond donors (Lipinski definition) is 0. The summed E-state index contributed by atoms with van der Waals surface area (Å²) in [5.74, 6) is 0.640. The van der Waals surface area contributed by atoms with Gasteiger partial charge in [-0.05, 0) is 50.5 Å². The zero-order valence-electron chi connectivity index (χ0n) is 12.6. The second-order valence-corrected chi connectivity index (χ2v) is 8.05. The topological polar surface area (TPSA) is 40.6 Å². The van der Waals surface area contributed by atoms with Gasteiger partial charge in [0.15, 0.2) is 0 Å². The van der Waals surface area contributed by atoms with Crippen molar-refractivity contribution >= 4 is 21.6 Å². The van der Waals surface area contributed by atoms with Crippen LogP contribution in [0.15, 0.2) is 29.2 Å². The van der Waals surface area contributed by atoms with Crippen molar-refractivity contribution < 1.29 is 8.42 Å². The Balaban J connectivity index is 2.11. The Morgan fingerprint density at radius 3 is 2.52 bits per heavy atom. The summed E-state index contributed by atoms with van der Waals surface area (Å²) in [6, 6.07) is 6.96. The Hall–Kier alpha value is -0.620. The molecule has 118 valence electrons. The molecule has 6 heteroatoms. The van der Waals surface area contributed by atoms with Crippen molar-refractivity contribution in [1.82, 2.24) is 9.21 Å². The molecule has 0 amide bonds. The van der Waals surface area contributed by atoms with Gasteiger partial charge in [-0.25, -0.2) is 12.7 Å². The molecule has 1 saturated heterocycles. The zero-order chi connectivity index (χ0) is 15.5. The van der Waals surface area contributed by atoms with E-state index in [9.17, 15) is 8.42 Å². The Morgan fingerprint density at radius 1 is 1.29 bits per heavy atom. The largest absolute Gasteiger partial charge is 0.306 e. The van der Waals surface area contributed by atoms with E-state index in [0.29, 0.717) is 22.9 Å². The van der Waals surface area contributed by atoms with E-state index in [0.717, 1.165) is 25.9 Å². The molecule has 0 aromatic heterocycles. The molecular formula is C15H23ClN2O2S. The third-order valence-electron chi connectivity index (χ3n) is 4.16. The molecule has 4 nitrogen and oxygen atoms in total. The molecule has 0 saturated carbocycles. The van der Waals surface area contributed by atoms with E-state index in [4.69, 9.17) is 11.6 Å². The predicted molar refractivity (Wildman–Crippen MR) is 86.0 cm³/mol. The molecule has 0 N–H and O–H groups in total. The first kappa shape index (κ1) is 16.7. The van der Waals surface area contributed by atoms with Gasteiger partial charge < -0.3 is 4.90 Å². The molecule has 21 heavy (non-hydrogen) atoms. The van der Waals surface area contributed by atoms with Crippen LogP contribution in [0.5, 0.6) is 0 Å². The second-order valence-electron chi connectivity index (χ2n) is 5.77. The quantitative estimate of drug-likeness (QED) is 0.778. The van der Waals surface area contributed by atoms with Crippen molar-refractivity contribution in [2.75, 3.05) is 33.7 Å². The van der Waals surface area contributed by atoms with Gasteiger partial charge in [-0.3, -0.25) is 0 Å². The highest BCUT2D eigenvalue weighted by Gasteiger charge is 2.27. The predicted octanol–water partition coefficient (Wildman–Crippen LogP) is 2.39. The number of likely N-dealkylation sites (tertiary alicyclic amines) is 1. The summed E-state index contributed by atoms with van der Waals surface area (Å²) < 4.78 is 26.9. The van der Waals surface area contributed by atoms with Crippen molar-refractivity contribution in [3.8, 4) is 0 Å². The first-order valence-electron chi connectivity index (χ1n) is 7.24. The fourth-order valence-corrected chi connectivity index (χ4v) is 4.52. The molecule has 0 spiro atoms. The molecule has 0 aliphatic carbocycles. The maximum Gasteiger partial charge on any atom is 0.243 e.